The van der Waals surface area contributed by atoms with Crippen LogP contribution in [-0.2, 0) is 4.74 Å². The molecule has 3 heterocycles. The fourth-order valence-electron chi connectivity index (χ4n) is 4.36. The van der Waals surface area contributed by atoms with Crippen molar-refractivity contribution < 1.29 is 24.8 Å². The maximum Gasteiger partial charge on any atom is 0.167 e. The number of para-hydroxylation sites is 1. The summed E-state index contributed by atoms with van der Waals surface area (Å²) in [5.74, 6) is 1.19. The van der Waals surface area contributed by atoms with E-state index in [1.807, 2.05) is 18.2 Å². The number of hydrogen-bond donors (Lipinski definition) is 4. The van der Waals surface area contributed by atoms with E-state index in [9.17, 15) is 15.3 Å². The smallest absolute Gasteiger partial charge is 0.167 e. The van der Waals surface area contributed by atoms with E-state index in [1.54, 1.807) is 6.07 Å². The van der Waals surface area contributed by atoms with Crippen LogP contribution in [0.4, 0.5) is 5.82 Å². The second-order valence-electron chi connectivity index (χ2n) is 8.04. The molecule has 0 amide bonds. The van der Waals surface area contributed by atoms with E-state index in [0.717, 1.165) is 19.3 Å². The molecular weight excluding hydrogens is 438 g/mol. The summed E-state index contributed by atoms with van der Waals surface area (Å²) in [6, 6.07) is 7.40. The fourth-order valence-corrected chi connectivity index (χ4v) is 4.55. The lowest BCUT2D eigenvalue weighted by Gasteiger charge is -2.23. The van der Waals surface area contributed by atoms with Gasteiger partial charge in [0.1, 0.15) is 36.5 Å². The molecule has 11 heteroatoms. The topological polar surface area (TPSA) is 135 Å². The van der Waals surface area contributed by atoms with E-state index in [1.165, 1.54) is 17.2 Å². The summed E-state index contributed by atoms with van der Waals surface area (Å²) in [6.07, 6.45) is 1.36. The number of halogens is 1. The van der Waals surface area contributed by atoms with Gasteiger partial charge in [-0.3, -0.25) is 4.57 Å². The van der Waals surface area contributed by atoms with Crippen molar-refractivity contribution in [1.29, 1.82) is 0 Å². The number of aromatic nitrogens is 4. The van der Waals surface area contributed by atoms with Gasteiger partial charge in [0.25, 0.3) is 0 Å². The number of hydrogen-bond acceptors (Lipinski definition) is 9. The molecule has 1 saturated carbocycles. The highest BCUT2D eigenvalue weighted by atomic mass is 35.5. The van der Waals surface area contributed by atoms with E-state index in [0.29, 0.717) is 27.8 Å². The Hall–Kier alpha value is -2.50. The van der Waals surface area contributed by atoms with E-state index >= 15 is 0 Å². The van der Waals surface area contributed by atoms with Crippen molar-refractivity contribution in [3.05, 3.63) is 41.9 Å². The monoisotopic (exact) mass is 461 g/mol. The van der Waals surface area contributed by atoms with Crippen LogP contribution in [0.2, 0.25) is 5.02 Å². The van der Waals surface area contributed by atoms with Gasteiger partial charge in [-0.1, -0.05) is 23.7 Å². The van der Waals surface area contributed by atoms with Crippen LogP contribution in [0.3, 0.4) is 0 Å². The van der Waals surface area contributed by atoms with Crippen molar-refractivity contribution in [2.75, 3.05) is 11.9 Å². The molecule has 10 nitrogen and oxygen atoms in total. The molecule has 6 atom stereocenters. The van der Waals surface area contributed by atoms with Crippen molar-refractivity contribution in [3.8, 4) is 5.75 Å². The number of nitrogens with one attached hydrogen (secondary N) is 1. The largest absolute Gasteiger partial charge is 0.487 e. The lowest BCUT2D eigenvalue weighted by Crippen LogP contribution is -2.33. The van der Waals surface area contributed by atoms with Gasteiger partial charge in [-0.05, 0) is 31.4 Å². The van der Waals surface area contributed by atoms with E-state index in [2.05, 4.69) is 20.3 Å². The Labute approximate surface area is 188 Å². The van der Waals surface area contributed by atoms with Gasteiger partial charge in [-0.25, -0.2) is 15.0 Å². The van der Waals surface area contributed by atoms with E-state index < -0.39 is 31.1 Å². The number of aliphatic hydroxyl groups is 3. The fraction of sp³-hybridized carbons (Fsp3) is 0.476. The molecule has 170 valence electrons. The molecule has 2 aromatic heterocycles. The molecule has 1 saturated heterocycles. The predicted octanol–water partition coefficient (Wildman–Crippen LogP) is 1.50. The van der Waals surface area contributed by atoms with Crippen LogP contribution in [0, 0.1) is 0 Å². The number of imidazole rings is 1. The average Bonchev–Trinajstić information content (AvgIpc) is 3.49. The molecule has 5 rings (SSSR count). The van der Waals surface area contributed by atoms with Gasteiger partial charge in [0.2, 0.25) is 0 Å². The van der Waals surface area contributed by atoms with Crippen LogP contribution in [0.1, 0.15) is 25.5 Å². The van der Waals surface area contributed by atoms with Gasteiger partial charge < -0.3 is 30.1 Å². The molecule has 3 aromatic rings. The number of aliphatic hydroxyl groups excluding tert-OH is 3. The molecule has 1 aromatic carbocycles. The lowest BCUT2D eigenvalue weighted by atomic mass is 10.1. The number of anilines is 1. The molecule has 4 N–H and O–H groups in total. The van der Waals surface area contributed by atoms with Crippen molar-refractivity contribution in [3.63, 3.8) is 0 Å². The Morgan fingerprint density at radius 1 is 1.16 bits per heavy atom. The van der Waals surface area contributed by atoms with Crippen molar-refractivity contribution >= 4 is 28.6 Å². The summed E-state index contributed by atoms with van der Waals surface area (Å²) in [7, 11) is 0. The number of benzene rings is 1. The molecule has 0 spiro atoms. The molecule has 1 aliphatic carbocycles. The van der Waals surface area contributed by atoms with Crippen LogP contribution in [0.25, 0.3) is 11.2 Å². The number of ether oxygens (including phenoxy) is 2. The van der Waals surface area contributed by atoms with Gasteiger partial charge in [0.05, 0.1) is 24.0 Å². The zero-order valence-electron chi connectivity index (χ0n) is 17.1. The third-order valence-corrected chi connectivity index (χ3v) is 6.35. The Bertz CT molecular complexity index is 1100. The summed E-state index contributed by atoms with van der Waals surface area (Å²) in [5, 5.41) is 33.8. The maximum absolute atomic E-state index is 10.4. The van der Waals surface area contributed by atoms with Crippen LogP contribution in [0.5, 0.6) is 5.75 Å². The predicted molar refractivity (Wildman–Crippen MR) is 115 cm³/mol. The summed E-state index contributed by atoms with van der Waals surface area (Å²) < 4.78 is 13.3. The van der Waals surface area contributed by atoms with Gasteiger partial charge in [-0.2, -0.15) is 0 Å². The Morgan fingerprint density at radius 2 is 2.00 bits per heavy atom. The number of fused-ring (bicyclic) bond motifs is 1. The Morgan fingerprint density at radius 3 is 2.78 bits per heavy atom. The third-order valence-electron chi connectivity index (χ3n) is 6.04. The molecule has 0 radical (unpaired) electrons. The normalized spacial score (nSPS) is 30.1. The van der Waals surface area contributed by atoms with Crippen molar-refractivity contribution in [2.45, 2.75) is 55.9 Å². The Kier molecular flexibility index (Phi) is 5.87. The minimum absolute atomic E-state index is 0.00318. The zero-order valence-corrected chi connectivity index (χ0v) is 17.8. The lowest BCUT2D eigenvalue weighted by molar-refractivity contribution is -0.0511. The van der Waals surface area contributed by atoms with Crippen LogP contribution < -0.4 is 10.1 Å². The first-order valence-corrected chi connectivity index (χ1v) is 10.9. The van der Waals surface area contributed by atoms with Crippen LogP contribution >= 0.6 is 11.6 Å². The quantitative estimate of drug-likeness (QED) is 0.430. The highest BCUT2D eigenvalue weighted by Crippen LogP contribution is 2.34. The molecule has 0 unspecified atom stereocenters. The van der Waals surface area contributed by atoms with E-state index in [-0.39, 0.29) is 12.1 Å². The SMILES string of the molecule is OC[C@H]1O[C@@H](n2cnc3c(N[C@@H]4CCC[C@H]4Oc4ccccc4Cl)ncnc32)[C@H](O)[C@@H]1O. The number of rotatable bonds is 6. The van der Waals surface area contributed by atoms with Crippen molar-refractivity contribution in [1.82, 2.24) is 19.5 Å². The van der Waals surface area contributed by atoms with E-state index in [4.69, 9.17) is 21.1 Å². The highest BCUT2D eigenvalue weighted by molar-refractivity contribution is 6.32. The zero-order chi connectivity index (χ0) is 22.2. The van der Waals surface area contributed by atoms with Gasteiger partial charge in [0.15, 0.2) is 23.2 Å². The minimum atomic E-state index is -1.22. The standard InChI is InChI=1S/C21H24ClN5O5/c22-11-4-1-2-6-13(11)31-14-7-3-5-12(14)26-19-16-20(24-9-23-19)27(10-25-16)21-18(30)17(29)15(8-28)32-21/h1-2,4,6,9-10,12,14-15,17-18,21,28-30H,3,5,7-8H2,(H,23,24,26)/t12-,14-,15-,17-,18-,21-/m1/s1. The second kappa shape index (κ2) is 8.80. The number of nitrogens with zero attached hydrogens (tertiary/aromatic N) is 4. The second-order valence-corrected chi connectivity index (χ2v) is 8.45. The van der Waals surface area contributed by atoms with Crippen LogP contribution in [-0.4, -0.2) is 71.9 Å². The first-order chi connectivity index (χ1) is 15.6. The molecule has 1 aliphatic heterocycles. The molecule has 2 aliphatic rings. The summed E-state index contributed by atoms with van der Waals surface area (Å²) in [5.41, 5.74) is 0.951. The first kappa shape index (κ1) is 21.4. The Balaban J connectivity index is 1.38. The maximum atomic E-state index is 10.4. The molecule has 0 bridgehead atoms. The summed E-state index contributed by atoms with van der Waals surface area (Å²) >= 11 is 6.25. The van der Waals surface area contributed by atoms with Gasteiger partial charge in [-0.15, -0.1) is 0 Å². The minimum Gasteiger partial charge on any atom is -0.487 e. The van der Waals surface area contributed by atoms with Gasteiger partial charge in [0, 0.05) is 0 Å². The summed E-state index contributed by atoms with van der Waals surface area (Å²) in [6.45, 7) is -0.405. The molecular formula is C21H24ClN5O5. The first-order valence-electron chi connectivity index (χ1n) is 10.5. The van der Waals surface area contributed by atoms with Crippen LogP contribution in [0.15, 0.2) is 36.9 Å². The van der Waals surface area contributed by atoms with Crippen molar-refractivity contribution in [2.24, 2.45) is 0 Å². The summed E-state index contributed by atoms with van der Waals surface area (Å²) in [4.78, 5) is 13.1. The third kappa shape index (κ3) is 3.78. The molecule has 2 fully saturated rings. The molecule has 32 heavy (non-hydrogen) atoms. The van der Waals surface area contributed by atoms with Gasteiger partial charge >= 0.3 is 0 Å². The highest BCUT2D eigenvalue weighted by Gasteiger charge is 2.44. The average molecular weight is 462 g/mol.